The smallest absolute Gasteiger partial charge is 0.241 e. The van der Waals surface area contributed by atoms with Crippen molar-refractivity contribution in [3.8, 4) is 0 Å². The van der Waals surface area contributed by atoms with E-state index in [0.29, 0.717) is 0 Å². The van der Waals surface area contributed by atoms with E-state index in [1.807, 2.05) is 28.8 Å². The molecule has 86 valence electrons. The molecule has 1 aliphatic heterocycles. The summed E-state index contributed by atoms with van der Waals surface area (Å²) >= 11 is 7.46. The van der Waals surface area contributed by atoms with Crippen LogP contribution >= 0.6 is 23.4 Å². The number of fused-ring (bicyclic) bond motifs is 1. The first-order chi connectivity index (χ1) is 7.72. The zero-order valence-corrected chi connectivity index (χ0v) is 10.8. The van der Waals surface area contributed by atoms with Crippen molar-refractivity contribution in [1.82, 2.24) is 0 Å². The largest absolute Gasteiger partial charge is 0.310 e. The Labute approximate surface area is 105 Å². The maximum atomic E-state index is 11.8. The van der Waals surface area contributed by atoms with Crippen molar-refractivity contribution in [1.29, 1.82) is 0 Å². The normalized spacial score (nSPS) is 15.5. The third kappa shape index (κ3) is 2.36. The van der Waals surface area contributed by atoms with Crippen molar-refractivity contribution in [2.75, 3.05) is 23.1 Å². The fourth-order valence-electron chi connectivity index (χ4n) is 1.82. The van der Waals surface area contributed by atoms with Gasteiger partial charge in [-0.1, -0.05) is 6.07 Å². The van der Waals surface area contributed by atoms with Gasteiger partial charge in [0.1, 0.15) is 5.88 Å². The summed E-state index contributed by atoms with van der Waals surface area (Å²) in [5.74, 6) is 1.11. The summed E-state index contributed by atoms with van der Waals surface area (Å²) in [4.78, 5) is 14.8. The quantitative estimate of drug-likeness (QED) is 0.719. The van der Waals surface area contributed by atoms with Gasteiger partial charge >= 0.3 is 0 Å². The average Bonchev–Trinajstić information content (AvgIpc) is 2.49. The maximum Gasteiger partial charge on any atom is 0.241 e. The molecule has 2 nitrogen and oxygen atoms in total. The number of carbonyl (C=O) groups is 1. The molecule has 0 unspecified atom stereocenters. The average molecular weight is 256 g/mol. The fraction of sp³-hybridized carbons (Fsp3) is 0.417. The molecule has 0 atom stereocenters. The summed E-state index contributed by atoms with van der Waals surface area (Å²) in [6.45, 7) is 2.84. The maximum absolute atomic E-state index is 11.8. The van der Waals surface area contributed by atoms with Crippen LogP contribution in [0.5, 0.6) is 0 Å². The minimum absolute atomic E-state index is 0.00531. The van der Waals surface area contributed by atoms with Gasteiger partial charge in [-0.3, -0.25) is 4.79 Å². The second-order valence-electron chi connectivity index (χ2n) is 3.85. The molecule has 4 heteroatoms. The van der Waals surface area contributed by atoms with Crippen molar-refractivity contribution in [2.24, 2.45) is 0 Å². The summed E-state index contributed by atoms with van der Waals surface area (Å²) < 4.78 is 0. The Kier molecular flexibility index (Phi) is 3.77. The number of anilines is 1. The van der Waals surface area contributed by atoms with Gasteiger partial charge in [-0.2, -0.15) is 0 Å². The van der Waals surface area contributed by atoms with E-state index in [4.69, 9.17) is 11.6 Å². The number of benzene rings is 1. The highest BCUT2D eigenvalue weighted by molar-refractivity contribution is 7.99. The number of carbonyl (C=O) groups excluding carboxylic acids is 1. The van der Waals surface area contributed by atoms with E-state index in [-0.39, 0.29) is 11.8 Å². The highest BCUT2D eigenvalue weighted by Crippen LogP contribution is 2.34. The van der Waals surface area contributed by atoms with Crippen LogP contribution in [0.4, 0.5) is 5.69 Å². The molecule has 0 aliphatic carbocycles. The minimum Gasteiger partial charge on any atom is -0.310 e. The SMILES string of the molecule is Cc1ccc2c(c1)SCCCN2C(=O)CCl. The van der Waals surface area contributed by atoms with Crippen LogP contribution in [0.3, 0.4) is 0 Å². The van der Waals surface area contributed by atoms with Crippen LogP contribution in [0.15, 0.2) is 23.1 Å². The van der Waals surface area contributed by atoms with Crippen LogP contribution < -0.4 is 4.90 Å². The molecule has 2 rings (SSSR count). The first-order valence-corrected chi connectivity index (χ1v) is 6.84. The number of aryl methyl sites for hydroxylation is 1. The van der Waals surface area contributed by atoms with Crippen LogP contribution in [-0.2, 0) is 4.79 Å². The van der Waals surface area contributed by atoms with Crippen LogP contribution in [0.1, 0.15) is 12.0 Å². The zero-order chi connectivity index (χ0) is 11.5. The molecule has 0 aromatic heterocycles. The molecule has 1 heterocycles. The second kappa shape index (κ2) is 5.11. The van der Waals surface area contributed by atoms with Gasteiger partial charge in [0.05, 0.1) is 5.69 Å². The van der Waals surface area contributed by atoms with Gasteiger partial charge < -0.3 is 4.90 Å². The molecule has 0 N–H and O–H groups in total. The van der Waals surface area contributed by atoms with E-state index in [1.165, 1.54) is 10.5 Å². The van der Waals surface area contributed by atoms with Crippen molar-refractivity contribution in [3.63, 3.8) is 0 Å². The number of amides is 1. The van der Waals surface area contributed by atoms with Crippen molar-refractivity contribution in [2.45, 2.75) is 18.2 Å². The number of nitrogens with zero attached hydrogens (tertiary/aromatic N) is 1. The fourth-order valence-corrected chi connectivity index (χ4v) is 3.05. The Morgan fingerprint density at radius 2 is 2.38 bits per heavy atom. The predicted molar refractivity (Wildman–Crippen MR) is 69.6 cm³/mol. The van der Waals surface area contributed by atoms with E-state index in [2.05, 4.69) is 13.0 Å². The molecule has 0 radical (unpaired) electrons. The number of hydrogen-bond donors (Lipinski definition) is 0. The van der Waals surface area contributed by atoms with Crippen molar-refractivity contribution in [3.05, 3.63) is 23.8 Å². The standard InChI is InChI=1S/C12H14ClNOS/c1-9-3-4-10-11(7-9)16-6-2-5-14(10)12(15)8-13/h3-4,7H,2,5-6,8H2,1H3. The molecule has 1 aliphatic rings. The summed E-state index contributed by atoms with van der Waals surface area (Å²) in [6, 6.07) is 6.20. The van der Waals surface area contributed by atoms with E-state index in [1.54, 1.807) is 0 Å². The first kappa shape index (κ1) is 11.8. The van der Waals surface area contributed by atoms with E-state index in [9.17, 15) is 4.79 Å². The number of halogens is 1. The molecule has 0 bridgehead atoms. The van der Waals surface area contributed by atoms with Gasteiger partial charge in [0.25, 0.3) is 0 Å². The molecule has 0 saturated heterocycles. The van der Waals surface area contributed by atoms with E-state index < -0.39 is 0 Å². The molecular weight excluding hydrogens is 242 g/mol. The molecule has 0 spiro atoms. The Morgan fingerprint density at radius 3 is 3.12 bits per heavy atom. The molecule has 16 heavy (non-hydrogen) atoms. The number of hydrogen-bond acceptors (Lipinski definition) is 2. The number of rotatable bonds is 1. The lowest BCUT2D eigenvalue weighted by Gasteiger charge is -2.21. The van der Waals surface area contributed by atoms with Crippen molar-refractivity contribution >= 4 is 35.0 Å². The molecule has 1 amide bonds. The molecule has 0 saturated carbocycles. The lowest BCUT2D eigenvalue weighted by atomic mass is 10.2. The highest BCUT2D eigenvalue weighted by Gasteiger charge is 2.20. The van der Waals surface area contributed by atoms with Crippen LogP contribution in [0.25, 0.3) is 0 Å². The topological polar surface area (TPSA) is 20.3 Å². The summed E-state index contributed by atoms with van der Waals surface area (Å²) in [7, 11) is 0. The zero-order valence-electron chi connectivity index (χ0n) is 9.20. The Bertz CT molecular complexity index is 408. The summed E-state index contributed by atoms with van der Waals surface area (Å²) in [6.07, 6.45) is 1.01. The lowest BCUT2D eigenvalue weighted by molar-refractivity contribution is -0.116. The Morgan fingerprint density at radius 1 is 1.56 bits per heavy atom. The summed E-state index contributed by atoms with van der Waals surface area (Å²) in [5, 5.41) is 0. The van der Waals surface area contributed by atoms with Crippen LogP contribution in [-0.4, -0.2) is 24.1 Å². The second-order valence-corrected chi connectivity index (χ2v) is 5.26. The van der Waals surface area contributed by atoms with Gasteiger partial charge in [-0.05, 0) is 36.8 Å². The monoisotopic (exact) mass is 255 g/mol. The van der Waals surface area contributed by atoms with Gasteiger partial charge in [-0.25, -0.2) is 0 Å². The van der Waals surface area contributed by atoms with E-state index >= 15 is 0 Å². The number of alkyl halides is 1. The third-order valence-corrected chi connectivity index (χ3v) is 3.96. The predicted octanol–water partition coefficient (Wildman–Crippen LogP) is 3.06. The molecule has 0 fully saturated rings. The Balaban J connectivity index is 2.40. The molecule has 1 aromatic rings. The van der Waals surface area contributed by atoms with Gasteiger partial charge in [0.2, 0.25) is 5.91 Å². The highest BCUT2D eigenvalue weighted by atomic mass is 35.5. The van der Waals surface area contributed by atoms with Crippen LogP contribution in [0.2, 0.25) is 0 Å². The lowest BCUT2D eigenvalue weighted by Crippen LogP contribution is -2.32. The van der Waals surface area contributed by atoms with Gasteiger partial charge in [0, 0.05) is 11.4 Å². The third-order valence-electron chi connectivity index (χ3n) is 2.61. The number of thioether (sulfide) groups is 1. The first-order valence-electron chi connectivity index (χ1n) is 5.32. The van der Waals surface area contributed by atoms with Crippen molar-refractivity contribution < 1.29 is 4.79 Å². The van der Waals surface area contributed by atoms with Gasteiger partial charge in [-0.15, -0.1) is 23.4 Å². The van der Waals surface area contributed by atoms with Crippen LogP contribution in [0, 0.1) is 6.92 Å². The molecular formula is C12H14ClNOS. The Hall–Kier alpha value is -0.670. The van der Waals surface area contributed by atoms with Gasteiger partial charge in [0.15, 0.2) is 0 Å². The van der Waals surface area contributed by atoms with E-state index in [0.717, 1.165) is 24.4 Å². The molecule has 1 aromatic carbocycles. The summed E-state index contributed by atoms with van der Waals surface area (Å²) in [5.41, 5.74) is 2.24. The minimum atomic E-state index is -0.00531.